The van der Waals surface area contributed by atoms with Crippen molar-refractivity contribution in [3.63, 3.8) is 0 Å². The number of rotatable bonds is 6. The van der Waals surface area contributed by atoms with E-state index < -0.39 is 10.0 Å². The van der Waals surface area contributed by atoms with Gasteiger partial charge >= 0.3 is 0 Å². The van der Waals surface area contributed by atoms with Crippen LogP contribution in [0.15, 0.2) is 68.9 Å². The summed E-state index contributed by atoms with van der Waals surface area (Å²) in [5.41, 5.74) is 1.49. The summed E-state index contributed by atoms with van der Waals surface area (Å²) >= 11 is 6.30. The van der Waals surface area contributed by atoms with Crippen LogP contribution in [0.3, 0.4) is 0 Å². The minimum atomic E-state index is -3.67. The molecular formula is C18H14BrN5O2S3. The smallest absolute Gasteiger partial charge is 0.265 e. The van der Waals surface area contributed by atoms with Gasteiger partial charge in [-0.3, -0.25) is 0 Å². The molecular weight excluding hydrogens is 494 g/mol. The van der Waals surface area contributed by atoms with Gasteiger partial charge in [-0.15, -0.1) is 22.7 Å². The van der Waals surface area contributed by atoms with Crippen molar-refractivity contribution in [2.75, 3.05) is 16.7 Å². The van der Waals surface area contributed by atoms with Gasteiger partial charge in [0.25, 0.3) is 10.0 Å². The highest BCUT2D eigenvalue weighted by Gasteiger charge is 2.22. The van der Waals surface area contributed by atoms with Gasteiger partial charge in [0.15, 0.2) is 5.13 Å². The van der Waals surface area contributed by atoms with Crippen LogP contribution in [0.4, 0.5) is 16.8 Å². The van der Waals surface area contributed by atoms with Crippen LogP contribution in [-0.2, 0) is 10.0 Å². The SMILES string of the molecule is CN(c1nccs1)S(=O)(=O)c1ccc(Nc2nccc(-c3ccc(Br)s3)n2)cc1. The molecule has 0 atom stereocenters. The summed E-state index contributed by atoms with van der Waals surface area (Å²) in [6.45, 7) is 0. The number of nitrogens with zero attached hydrogens (tertiary/aromatic N) is 4. The number of halogens is 1. The molecule has 0 fully saturated rings. The van der Waals surface area contributed by atoms with Crippen LogP contribution in [0, 0.1) is 0 Å². The van der Waals surface area contributed by atoms with Gasteiger partial charge in [-0.05, 0) is 58.4 Å². The molecule has 1 N–H and O–H groups in total. The molecule has 0 aliphatic heterocycles. The molecule has 0 bridgehead atoms. The second kappa shape index (κ2) is 8.19. The van der Waals surface area contributed by atoms with E-state index in [4.69, 9.17) is 0 Å². The van der Waals surface area contributed by atoms with Crippen LogP contribution >= 0.6 is 38.6 Å². The first-order valence-corrected chi connectivity index (χ1v) is 12.2. The summed E-state index contributed by atoms with van der Waals surface area (Å²) in [7, 11) is -2.18. The minimum Gasteiger partial charge on any atom is -0.324 e. The Kier molecular flexibility index (Phi) is 5.63. The van der Waals surface area contributed by atoms with Crippen molar-refractivity contribution in [1.82, 2.24) is 15.0 Å². The summed E-state index contributed by atoms with van der Waals surface area (Å²) in [5.74, 6) is 0.433. The number of benzene rings is 1. The number of sulfonamides is 1. The molecule has 4 aromatic rings. The Hall–Kier alpha value is -2.34. The summed E-state index contributed by atoms with van der Waals surface area (Å²) < 4.78 is 27.7. The van der Waals surface area contributed by atoms with E-state index in [0.717, 1.165) is 14.4 Å². The van der Waals surface area contributed by atoms with E-state index in [-0.39, 0.29) is 4.90 Å². The predicted molar refractivity (Wildman–Crippen MR) is 120 cm³/mol. The fourth-order valence-corrected chi connectivity index (χ4v) is 5.82. The van der Waals surface area contributed by atoms with Gasteiger partial charge in [0.05, 0.1) is 19.3 Å². The second-order valence-corrected chi connectivity index (χ2v) is 11.1. The Morgan fingerprint density at radius 3 is 2.48 bits per heavy atom. The lowest BCUT2D eigenvalue weighted by molar-refractivity contribution is 0.594. The maximum Gasteiger partial charge on any atom is 0.265 e. The fraction of sp³-hybridized carbons (Fsp3) is 0.0556. The Bertz CT molecular complexity index is 1220. The van der Waals surface area contributed by atoms with Gasteiger partial charge in [-0.1, -0.05) is 0 Å². The number of thiophene rings is 1. The fourth-order valence-electron chi connectivity index (χ4n) is 2.48. The van der Waals surface area contributed by atoms with E-state index in [9.17, 15) is 8.42 Å². The Morgan fingerprint density at radius 2 is 1.83 bits per heavy atom. The molecule has 0 unspecified atom stereocenters. The predicted octanol–water partition coefficient (Wildman–Crippen LogP) is 4.99. The van der Waals surface area contributed by atoms with E-state index in [2.05, 4.69) is 36.2 Å². The second-order valence-electron chi connectivity index (χ2n) is 5.81. The Labute approximate surface area is 184 Å². The van der Waals surface area contributed by atoms with E-state index in [1.54, 1.807) is 53.4 Å². The molecule has 0 saturated carbocycles. The quantitative estimate of drug-likeness (QED) is 0.395. The number of hydrogen-bond donors (Lipinski definition) is 1. The molecule has 0 radical (unpaired) electrons. The average Bonchev–Trinajstić information content (AvgIpc) is 3.40. The Balaban J connectivity index is 1.53. The van der Waals surface area contributed by atoms with Crippen molar-refractivity contribution in [2.45, 2.75) is 4.90 Å². The van der Waals surface area contributed by atoms with Crippen molar-refractivity contribution in [1.29, 1.82) is 0 Å². The van der Waals surface area contributed by atoms with Crippen LogP contribution in [0.25, 0.3) is 10.6 Å². The first-order valence-electron chi connectivity index (χ1n) is 8.28. The monoisotopic (exact) mass is 507 g/mol. The minimum absolute atomic E-state index is 0.179. The molecule has 7 nitrogen and oxygen atoms in total. The van der Waals surface area contributed by atoms with Gasteiger partial charge in [0, 0.05) is 30.5 Å². The highest BCUT2D eigenvalue weighted by Crippen LogP contribution is 2.30. The van der Waals surface area contributed by atoms with Crippen LogP contribution in [0.1, 0.15) is 0 Å². The Morgan fingerprint density at radius 1 is 1.03 bits per heavy atom. The maximum atomic E-state index is 12.7. The van der Waals surface area contributed by atoms with Gasteiger partial charge < -0.3 is 5.32 Å². The lowest BCUT2D eigenvalue weighted by atomic mass is 10.3. The number of anilines is 3. The third-order valence-corrected chi connectivity index (χ3v) is 8.31. The largest absolute Gasteiger partial charge is 0.324 e. The van der Waals surface area contributed by atoms with Crippen LogP contribution < -0.4 is 9.62 Å². The van der Waals surface area contributed by atoms with Crippen LogP contribution in [-0.4, -0.2) is 30.4 Å². The van der Waals surface area contributed by atoms with Gasteiger partial charge in [-0.25, -0.2) is 27.7 Å². The van der Waals surface area contributed by atoms with Gasteiger partial charge in [-0.2, -0.15) is 0 Å². The summed E-state index contributed by atoms with van der Waals surface area (Å²) in [5, 5.41) is 5.26. The van der Waals surface area contributed by atoms with Crippen molar-refractivity contribution in [2.24, 2.45) is 0 Å². The van der Waals surface area contributed by atoms with E-state index >= 15 is 0 Å². The molecule has 3 heterocycles. The van der Waals surface area contributed by atoms with E-state index in [1.807, 2.05) is 18.2 Å². The zero-order chi connectivity index (χ0) is 20.4. The third kappa shape index (κ3) is 4.32. The highest BCUT2D eigenvalue weighted by molar-refractivity contribution is 9.11. The summed E-state index contributed by atoms with van der Waals surface area (Å²) in [4.78, 5) is 14.0. The molecule has 11 heteroatoms. The molecule has 29 heavy (non-hydrogen) atoms. The lowest BCUT2D eigenvalue weighted by Crippen LogP contribution is -2.26. The van der Waals surface area contributed by atoms with Gasteiger partial charge in [0.1, 0.15) is 0 Å². The first kappa shape index (κ1) is 20.0. The number of nitrogens with one attached hydrogen (secondary N) is 1. The number of thiazole rings is 1. The molecule has 4 rings (SSSR count). The zero-order valence-electron chi connectivity index (χ0n) is 15.0. The molecule has 0 spiro atoms. The van der Waals surface area contributed by atoms with Crippen LogP contribution in [0.5, 0.6) is 0 Å². The maximum absolute atomic E-state index is 12.7. The van der Waals surface area contributed by atoms with Crippen molar-refractivity contribution < 1.29 is 8.42 Å². The first-order chi connectivity index (χ1) is 13.9. The summed E-state index contributed by atoms with van der Waals surface area (Å²) in [6.07, 6.45) is 3.25. The average molecular weight is 508 g/mol. The zero-order valence-corrected chi connectivity index (χ0v) is 19.0. The molecule has 148 valence electrons. The highest BCUT2D eigenvalue weighted by atomic mass is 79.9. The molecule has 0 aliphatic carbocycles. The molecule has 0 amide bonds. The standard InChI is InChI=1S/C18H14BrN5O2S3/c1-24(18-21-10-11-27-18)29(25,26)13-4-2-12(3-5-13)22-17-20-9-8-14(23-17)15-6-7-16(19)28-15/h2-11H,1H3,(H,20,22,23). The van der Waals surface area contributed by atoms with Crippen molar-refractivity contribution in [3.8, 4) is 10.6 Å². The normalized spacial score (nSPS) is 11.4. The topological polar surface area (TPSA) is 88.1 Å². The van der Waals surface area contributed by atoms with Crippen molar-refractivity contribution in [3.05, 3.63) is 64.0 Å². The molecule has 1 aromatic carbocycles. The lowest BCUT2D eigenvalue weighted by Gasteiger charge is -2.16. The molecule has 3 aromatic heterocycles. The molecule has 0 aliphatic rings. The number of aromatic nitrogens is 3. The third-order valence-electron chi connectivity index (χ3n) is 3.94. The van der Waals surface area contributed by atoms with E-state index in [1.165, 1.54) is 22.7 Å². The summed E-state index contributed by atoms with van der Waals surface area (Å²) in [6, 6.07) is 12.2. The van der Waals surface area contributed by atoms with Crippen LogP contribution in [0.2, 0.25) is 0 Å². The molecule has 0 saturated heterocycles. The van der Waals surface area contributed by atoms with Gasteiger partial charge in [0.2, 0.25) is 5.95 Å². The number of hydrogen-bond acceptors (Lipinski definition) is 8. The van der Waals surface area contributed by atoms with E-state index in [0.29, 0.717) is 16.8 Å². The van der Waals surface area contributed by atoms with Crippen molar-refractivity contribution >= 4 is 65.4 Å².